The molecule has 24 heavy (non-hydrogen) atoms. The van der Waals surface area contributed by atoms with Gasteiger partial charge in [-0.25, -0.2) is 15.0 Å². The molecule has 1 atom stereocenters. The number of aromatic nitrogens is 4. The summed E-state index contributed by atoms with van der Waals surface area (Å²) in [6.45, 7) is 3.69. The summed E-state index contributed by atoms with van der Waals surface area (Å²) in [6.07, 6.45) is 7.00. The van der Waals surface area contributed by atoms with Crippen molar-refractivity contribution >= 4 is 33.2 Å². The second-order valence-corrected chi connectivity index (χ2v) is 7.52. The Balaban J connectivity index is 1.63. The maximum atomic E-state index is 12.8. The zero-order chi connectivity index (χ0) is 16.7. The Morgan fingerprint density at radius 1 is 1.33 bits per heavy atom. The van der Waals surface area contributed by atoms with Crippen LogP contribution < -0.4 is 4.90 Å². The van der Waals surface area contributed by atoms with Gasteiger partial charge in [0.2, 0.25) is 5.78 Å². The lowest BCUT2D eigenvalue weighted by atomic mass is 9.93. The molecule has 6 nitrogen and oxygen atoms in total. The van der Waals surface area contributed by atoms with Crippen LogP contribution in [0.15, 0.2) is 24.8 Å². The van der Waals surface area contributed by atoms with Crippen LogP contribution in [0.2, 0.25) is 0 Å². The van der Waals surface area contributed by atoms with Gasteiger partial charge >= 0.3 is 0 Å². The quantitative estimate of drug-likeness (QED) is 0.686. The number of hydrogen-bond acceptors (Lipinski definition) is 6. The summed E-state index contributed by atoms with van der Waals surface area (Å²) in [5.74, 6) is 1.58. The molecule has 0 bridgehead atoms. The molecular formula is C17H19N5OS. The van der Waals surface area contributed by atoms with Crippen molar-refractivity contribution in [2.75, 3.05) is 18.0 Å². The summed E-state index contributed by atoms with van der Waals surface area (Å²) in [5.41, 5.74) is 0. The molecule has 7 heteroatoms. The van der Waals surface area contributed by atoms with Gasteiger partial charge in [-0.3, -0.25) is 4.79 Å². The summed E-state index contributed by atoms with van der Waals surface area (Å²) in [5, 5.41) is 1.09. The summed E-state index contributed by atoms with van der Waals surface area (Å²) in [6, 6.07) is 2.14. The number of aryl methyl sites for hydroxylation is 2. The first-order valence-electron chi connectivity index (χ1n) is 8.11. The molecule has 0 amide bonds. The molecule has 0 spiro atoms. The molecule has 124 valence electrons. The average molecular weight is 341 g/mol. The van der Waals surface area contributed by atoms with Gasteiger partial charge in [0.05, 0.1) is 5.39 Å². The fraction of sp³-hybridized carbons (Fsp3) is 0.412. The topological polar surface area (TPSA) is 63.9 Å². The maximum Gasteiger partial charge on any atom is 0.203 e. The molecule has 4 rings (SSSR count). The zero-order valence-electron chi connectivity index (χ0n) is 13.8. The Morgan fingerprint density at radius 2 is 2.21 bits per heavy atom. The third-order valence-electron chi connectivity index (χ3n) is 4.56. The molecule has 1 saturated heterocycles. The van der Waals surface area contributed by atoms with E-state index in [2.05, 4.69) is 32.8 Å². The lowest BCUT2D eigenvalue weighted by molar-refractivity contribution is 0.0893. The average Bonchev–Trinajstić information content (AvgIpc) is 3.18. The number of fused-ring (bicyclic) bond motifs is 1. The number of anilines is 1. The standard InChI is InChI=1S/C17H19N5OS/c1-11-8-13-15(19-10-20-17(13)24-11)22-6-3-4-12(9-22)14(23)16-18-5-7-21(16)2/h5,7-8,10,12H,3-4,6,9H2,1-2H3/t12-/m1/s1. The Labute approximate surface area is 144 Å². The molecule has 1 aliphatic rings. The second kappa shape index (κ2) is 5.98. The van der Waals surface area contributed by atoms with Crippen molar-refractivity contribution in [3.63, 3.8) is 0 Å². The van der Waals surface area contributed by atoms with Crippen LogP contribution in [0.1, 0.15) is 28.3 Å². The van der Waals surface area contributed by atoms with Crippen molar-refractivity contribution in [1.82, 2.24) is 19.5 Å². The number of Topliss-reactive ketones (excluding diaryl/α,β-unsaturated/α-hetero) is 1. The van der Waals surface area contributed by atoms with Gasteiger partial charge in [0.1, 0.15) is 17.0 Å². The third kappa shape index (κ3) is 2.58. The highest BCUT2D eigenvalue weighted by atomic mass is 32.1. The molecule has 0 saturated carbocycles. The van der Waals surface area contributed by atoms with Gasteiger partial charge in [0, 0.05) is 43.3 Å². The van der Waals surface area contributed by atoms with Gasteiger partial charge in [0.25, 0.3) is 0 Å². The van der Waals surface area contributed by atoms with E-state index in [4.69, 9.17) is 0 Å². The van der Waals surface area contributed by atoms with Gasteiger partial charge in [0.15, 0.2) is 5.82 Å². The van der Waals surface area contributed by atoms with Crippen molar-refractivity contribution in [2.45, 2.75) is 19.8 Å². The molecule has 1 fully saturated rings. The predicted molar refractivity (Wildman–Crippen MR) is 94.6 cm³/mol. The summed E-state index contributed by atoms with van der Waals surface area (Å²) in [4.78, 5) is 30.3. The van der Waals surface area contributed by atoms with Crippen LogP contribution in [0.25, 0.3) is 10.2 Å². The van der Waals surface area contributed by atoms with Crippen LogP contribution in [0.4, 0.5) is 5.82 Å². The highest BCUT2D eigenvalue weighted by molar-refractivity contribution is 7.18. The van der Waals surface area contributed by atoms with E-state index >= 15 is 0 Å². The number of thiophene rings is 1. The van der Waals surface area contributed by atoms with E-state index in [0.717, 1.165) is 35.4 Å². The fourth-order valence-electron chi connectivity index (χ4n) is 3.38. The molecule has 0 unspecified atom stereocenters. The molecule has 3 aromatic heterocycles. The Kier molecular flexibility index (Phi) is 3.80. The second-order valence-electron chi connectivity index (χ2n) is 6.28. The zero-order valence-corrected chi connectivity index (χ0v) is 14.6. The fourth-order valence-corrected chi connectivity index (χ4v) is 4.23. The number of piperidine rings is 1. The third-order valence-corrected chi connectivity index (χ3v) is 5.52. The molecule has 1 aliphatic heterocycles. The number of hydrogen-bond donors (Lipinski definition) is 0. The van der Waals surface area contributed by atoms with Crippen molar-refractivity contribution in [3.8, 4) is 0 Å². The predicted octanol–water partition coefficient (Wildman–Crippen LogP) is 2.83. The van der Waals surface area contributed by atoms with E-state index in [1.807, 2.05) is 13.2 Å². The van der Waals surface area contributed by atoms with Crippen LogP contribution in [0.3, 0.4) is 0 Å². The molecule has 0 N–H and O–H groups in total. The maximum absolute atomic E-state index is 12.8. The lowest BCUT2D eigenvalue weighted by Crippen LogP contribution is -2.39. The first-order chi connectivity index (χ1) is 11.6. The van der Waals surface area contributed by atoms with Crippen LogP contribution in [-0.4, -0.2) is 38.4 Å². The van der Waals surface area contributed by atoms with Gasteiger partial charge in [-0.05, 0) is 25.8 Å². The van der Waals surface area contributed by atoms with Crippen molar-refractivity contribution in [2.24, 2.45) is 13.0 Å². The molecule has 4 heterocycles. The van der Waals surface area contributed by atoms with Crippen LogP contribution in [-0.2, 0) is 7.05 Å². The minimum Gasteiger partial charge on any atom is -0.355 e. The Morgan fingerprint density at radius 3 is 3.00 bits per heavy atom. The molecular weight excluding hydrogens is 322 g/mol. The molecule has 0 radical (unpaired) electrons. The summed E-state index contributed by atoms with van der Waals surface area (Å²) < 4.78 is 1.80. The van der Waals surface area contributed by atoms with Crippen molar-refractivity contribution in [1.29, 1.82) is 0 Å². The first-order valence-corrected chi connectivity index (χ1v) is 8.93. The summed E-state index contributed by atoms with van der Waals surface area (Å²) in [7, 11) is 1.86. The highest BCUT2D eigenvalue weighted by Crippen LogP contribution is 2.32. The van der Waals surface area contributed by atoms with Crippen LogP contribution in [0, 0.1) is 12.8 Å². The van der Waals surface area contributed by atoms with Crippen molar-refractivity contribution < 1.29 is 4.79 Å². The van der Waals surface area contributed by atoms with Crippen LogP contribution in [0.5, 0.6) is 0 Å². The van der Waals surface area contributed by atoms with Gasteiger partial charge in [-0.2, -0.15) is 0 Å². The van der Waals surface area contributed by atoms with E-state index in [9.17, 15) is 4.79 Å². The first kappa shape index (κ1) is 15.3. The number of ketones is 1. The number of rotatable bonds is 3. The van der Waals surface area contributed by atoms with Gasteiger partial charge < -0.3 is 9.47 Å². The van der Waals surface area contributed by atoms with E-state index in [-0.39, 0.29) is 11.7 Å². The number of carbonyl (C=O) groups is 1. The smallest absolute Gasteiger partial charge is 0.203 e. The largest absolute Gasteiger partial charge is 0.355 e. The molecule has 3 aromatic rings. The minimum atomic E-state index is -0.0374. The number of nitrogens with zero attached hydrogens (tertiary/aromatic N) is 5. The molecule has 0 aromatic carbocycles. The van der Waals surface area contributed by atoms with Gasteiger partial charge in [-0.1, -0.05) is 0 Å². The monoisotopic (exact) mass is 341 g/mol. The molecule has 0 aliphatic carbocycles. The van der Waals surface area contributed by atoms with E-state index in [0.29, 0.717) is 12.4 Å². The van der Waals surface area contributed by atoms with Crippen molar-refractivity contribution in [3.05, 3.63) is 35.5 Å². The van der Waals surface area contributed by atoms with E-state index < -0.39 is 0 Å². The summed E-state index contributed by atoms with van der Waals surface area (Å²) >= 11 is 1.68. The normalized spacial score (nSPS) is 18.2. The van der Waals surface area contributed by atoms with E-state index in [1.54, 1.807) is 28.4 Å². The van der Waals surface area contributed by atoms with Crippen LogP contribution >= 0.6 is 11.3 Å². The highest BCUT2D eigenvalue weighted by Gasteiger charge is 2.30. The van der Waals surface area contributed by atoms with E-state index in [1.165, 1.54) is 4.88 Å². The number of imidazole rings is 1. The Hall–Kier alpha value is -2.28. The van der Waals surface area contributed by atoms with Gasteiger partial charge in [-0.15, -0.1) is 11.3 Å². The number of carbonyl (C=O) groups excluding carboxylic acids is 1. The Bertz CT molecular complexity index is 899. The minimum absolute atomic E-state index is 0.0374. The SMILES string of the molecule is Cc1cc2c(N3CCC[C@@H](C(=O)c4nccn4C)C3)ncnc2s1. The lowest BCUT2D eigenvalue weighted by Gasteiger charge is -2.32.